The molecule has 0 spiro atoms. The number of nitrogens with zero attached hydrogens (tertiary/aromatic N) is 3. The molecule has 7 nitrogen and oxygen atoms in total. The fourth-order valence-corrected chi connectivity index (χ4v) is 4.08. The highest BCUT2D eigenvalue weighted by Gasteiger charge is 2.37. The number of halogens is 1. The number of carbonyl (C=O) groups is 2. The topological polar surface area (TPSA) is 69.6 Å². The van der Waals surface area contributed by atoms with Crippen LogP contribution in [0.4, 0.5) is 4.39 Å². The van der Waals surface area contributed by atoms with Gasteiger partial charge in [-0.3, -0.25) is 19.8 Å². The van der Waals surface area contributed by atoms with Gasteiger partial charge in [0.15, 0.2) is 6.17 Å². The van der Waals surface area contributed by atoms with E-state index in [0.717, 1.165) is 16.5 Å². The molecule has 3 unspecified atom stereocenters. The minimum atomic E-state index is -1.53. The Bertz CT molecular complexity index is 890. The SMILES string of the molecule is CC1NC(N2CCN(C(=O)Cc3cn(C)c4ccccc34)CC2)NC(=O)C1F. The summed E-state index contributed by atoms with van der Waals surface area (Å²) in [5.41, 5.74) is 2.16. The van der Waals surface area contributed by atoms with Gasteiger partial charge in [0.2, 0.25) is 5.91 Å². The lowest BCUT2D eigenvalue weighted by molar-refractivity contribution is -0.137. The number of amides is 2. The number of alkyl halides is 1. The van der Waals surface area contributed by atoms with Crippen molar-refractivity contribution in [3.8, 4) is 0 Å². The lowest BCUT2D eigenvalue weighted by Crippen LogP contribution is -2.69. The van der Waals surface area contributed by atoms with Crippen molar-refractivity contribution in [2.24, 2.45) is 7.05 Å². The zero-order valence-electron chi connectivity index (χ0n) is 16.2. The molecule has 1 aromatic heterocycles. The molecule has 3 heterocycles. The molecule has 1 aromatic carbocycles. The first-order valence-electron chi connectivity index (χ1n) is 9.69. The van der Waals surface area contributed by atoms with Crippen LogP contribution < -0.4 is 10.6 Å². The minimum absolute atomic E-state index is 0.105. The van der Waals surface area contributed by atoms with Gasteiger partial charge < -0.3 is 14.8 Å². The van der Waals surface area contributed by atoms with Crippen molar-refractivity contribution < 1.29 is 14.0 Å². The smallest absolute Gasteiger partial charge is 0.258 e. The number of piperazine rings is 1. The van der Waals surface area contributed by atoms with E-state index in [0.29, 0.717) is 32.6 Å². The normalized spacial score (nSPS) is 26.5. The van der Waals surface area contributed by atoms with Gasteiger partial charge in [-0.2, -0.15) is 0 Å². The Hall–Kier alpha value is -2.45. The number of para-hydroxylation sites is 1. The maximum absolute atomic E-state index is 13.7. The molecule has 4 rings (SSSR count). The van der Waals surface area contributed by atoms with Crippen molar-refractivity contribution in [3.63, 3.8) is 0 Å². The van der Waals surface area contributed by atoms with Gasteiger partial charge in [0.05, 0.1) is 6.42 Å². The van der Waals surface area contributed by atoms with E-state index in [9.17, 15) is 14.0 Å². The molecule has 2 amide bonds. The number of aryl methyl sites for hydroxylation is 1. The number of nitrogens with one attached hydrogen (secondary N) is 2. The number of fused-ring (bicyclic) bond motifs is 1. The number of hydrogen-bond acceptors (Lipinski definition) is 4. The van der Waals surface area contributed by atoms with Crippen molar-refractivity contribution in [2.75, 3.05) is 26.2 Å². The van der Waals surface area contributed by atoms with E-state index >= 15 is 0 Å². The van der Waals surface area contributed by atoms with Gasteiger partial charge in [-0.1, -0.05) is 18.2 Å². The molecule has 0 aliphatic carbocycles. The summed E-state index contributed by atoms with van der Waals surface area (Å²) in [6.07, 6.45) is 0.486. The average molecular weight is 387 g/mol. The Labute approximate surface area is 163 Å². The number of carbonyl (C=O) groups excluding carboxylic acids is 2. The fourth-order valence-electron chi connectivity index (χ4n) is 4.08. The van der Waals surface area contributed by atoms with Gasteiger partial charge in [0.1, 0.15) is 6.29 Å². The summed E-state index contributed by atoms with van der Waals surface area (Å²) in [6.45, 7) is 4.10. The molecular formula is C20H26FN5O2. The van der Waals surface area contributed by atoms with Crippen LogP contribution in [0.2, 0.25) is 0 Å². The number of aromatic nitrogens is 1. The summed E-state index contributed by atoms with van der Waals surface area (Å²) >= 11 is 0. The lowest BCUT2D eigenvalue weighted by Gasteiger charge is -2.43. The van der Waals surface area contributed by atoms with Crippen LogP contribution in [0.15, 0.2) is 30.5 Å². The van der Waals surface area contributed by atoms with Gasteiger partial charge in [-0.15, -0.1) is 0 Å². The van der Waals surface area contributed by atoms with E-state index in [2.05, 4.69) is 16.7 Å². The van der Waals surface area contributed by atoms with E-state index in [-0.39, 0.29) is 12.2 Å². The van der Waals surface area contributed by atoms with E-state index in [1.807, 2.05) is 45.8 Å². The maximum atomic E-state index is 13.7. The summed E-state index contributed by atoms with van der Waals surface area (Å²) in [5.74, 6) is -0.473. The summed E-state index contributed by atoms with van der Waals surface area (Å²) in [5, 5.41) is 6.87. The Balaban J connectivity index is 1.36. The standard InChI is InChI=1S/C20H26FN5O2/c1-13-18(21)19(28)23-20(22-13)26-9-7-25(8-10-26)17(27)11-14-12-24(2)16-6-4-3-5-15(14)16/h3-6,12-13,18,20,22H,7-11H2,1-2H3,(H,23,28). The van der Waals surface area contributed by atoms with Crippen molar-refractivity contribution in [2.45, 2.75) is 31.8 Å². The number of rotatable bonds is 3. The highest BCUT2D eigenvalue weighted by Crippen LogP contribution is 2.21. The Morgan fingerprint density at radius 1 is 1.21 bits per heavy atom. The molecule has 0 radical (unpaired) electrons. The van der Waals surface area contributed by atoms with E-state index in [4.69, 9.17) is 0 Å². The van der Waals surface area contributed by atoms with Gasteiger partial charge >= 0.3 is 0 Å². The fraction of sp³-hybridized carbons (Fsp3) is 0.500. The molecule has 0 bridgehead atoms. The lowest BCUT2D eigenvalue weighted by atomic mass is 10.1. The van der Waals surface area contributed by atoms with Gasteiger partial charge in [-0.25, -0.2) is 4.39 Å². The third-order valence-corrected chi connectivity index (χ3v) is 5.74. The van der Waals surface area contributed by atoms with Crippen molar-refractivity contribution >= 4 is 22.7 Å². The van der Waals surface area contributed by atoms with Crippen LogP contribution in [0.5, 0.6) is 0 Å². The second kappa shape index (κ2) is 7.52. The molecule has 150 valence electrons. The second-order valence-corrected chi connectivity index (χ2v) is 7.64. The van der Waals surface area contributed by atoms with Gasteiger partial charge in [-0.05, 0) is 18.6 Å². The first kappa shape index (κ1) is 18.9. The molecule has 2 aliphatic rings. The summed E-state index contributed by atoms with van der Waals surface area (Å²) in [6, 6.07) is 7.56. The van der Waals surface area contributed by atoms with E-state index < -0.39 is 18.1 Å². The largest absolute Gasteiger partial charge is 0.350 e. The third kappa shape index (κ3) is 3.49. The van der Waals surface area contributed by atoms with E-state index in [1.54, 1.807) is 6.92 Å². The summed E-state index contributed by atoms with van der Waals surface area (Å²) < 4.78 is 15.7. The Morgan fingerprint density at radius 2 is 1.93 bits per heavy atom. The molecule has 8 heteroatoms. The number of hydrogen-bond donors (Lipinski definition) is 2. The zero-order valence-corrected chi connectivity index (χ0v) is 16.2. The van der Waals surface area contributed by atoms with Crippen LogP contribution in [0, 0.1) is 0 Å². The zero-order chi connectivity index (χ0) is 19.8. The van der Waals surface area contributed by atoms with Crippen molar-refractivity contribution in [1.29, 1.82) is 0 Å². The molecule has 2 saturated heterocycles. The predicted octanol–water partition coefficient (Wildman–Crippen LogP) is 0.595. The number of benzene rings is 1. The highest BCUT2D eigenvalue weighted by atomic mass is 19.1. The minimum Gasteiger partial charge on any atom is -0.350 e. The van der Waals surface area contributed by atoms with Crippen LogP contribution >= 0.6 is 0 Å². The Kier molecular flexibility index (Phi) is 5.07. The third-order valence-electron chi connectivity index (χ3n) is 5.74. The van der Waals surface area contributed by atoms with Gasteiger partial charge in [0.25, 0.3) is 5.91 Å². The maximum Gasteiger partial charge on any atom is 0.258 e. The molecule has 2 N–H and O–H groups in total. The first-order valence-corrected chi connectivity index (χ1v) is 9.69. The van der Waals surface area contributed by atoms with Crippen LogP contribution in [0.3, 0.4) is 0 Å². The van der Waals surface area contributed by atoms with Gasteiger partial charge in [0, 0.05) is 56.4 Å². The van der Waals surface area contributed by atoms with Crippen LogP contribution in [-0.4, -0.2) is 70.9 Å². The van der Waals surface area contributed by atoms with E-state index in [1.165, 1.54) is 0 Å². The summed E-state index contributed by atoms with van der Waals surface area (Å²) in [7, 11) is 1.99. The summed E-state index contributed by atoms with van der Waals surface area (Å²) in [4.78, 5) is 28.4. The molecule has 2 fully saturated rings. The van der Waals surface area contributed by atoms with Crippen molar-refractivity contribution in [3.05, 3.63) is 36.0 Å². The molecule has 2 aliphatic heterocycles. The second-order valence-electron chi connectivity index (χ2n) is 7.64. The quantitative estimate of drug-likeness (QED) is 0.809. The highest BCUT2D eigenvalue weighted by molar-refractivity contribution is 5.89. The van der Waals surface area contributed by atoms with Crippen LogP contribution in [0.25, 0.3) is 10.9 Å². The first-order chi connectivity index (χ1) is 13.4. The predicted molar refractivity (Wildman–Crippen MR) is 104 cm³/mol. The molecule has 2 aromatic rings. The van der Waals surface area contributed by atoms with Crippen molar-refractivity contribution in [1.82, 2.24) is 25.0 Å². The molecular weight excluding hydrogens is 361 g/mol. The average Bonchev–Trinajstić information content (AvgIpc) is 3.01. The van der Waals surface area contributed by atoms with Crippen LogP contribution in [0.1, 0.15) is 12.5 Å². The molecule has 3 atom stereocenters. The molecule has 0 saturated carbocycles. The van der Waals surface area contributed by atoms with Crippen LogP contribution in [-0.2, 0) is 23.1 Å². The molecule has 28 heavy (non-hydrogen) atoms. The monoisotopic (exact) mass is 387 g/mol. The Morgan fingerprint density at radius 3 is 2.64 bits per heavy atom.